The first-order valence-corrected chi connectivity index (χ1v) is 5.30. The van der Waals surface area contributed by atoms with Gasteiger partial charge in [0, 0.05) is 22.9 Å². The van der Waals surface area contributed by atoms with Crippen LogP contribution < -0.4 is 5.43 Å². The summed E-state index contributed by atoms with van der Waals surface area (Å²) in [6, 6.07) is 5.13. The maximum absolute atomic E-state index is 10.9. The molecule has 78 valence electrons. The van der Waals surface area contributed by atoms with Crippen molar-refractivity contribution < 1.29 is 9.90 Å². The Morgan fingerprint density at radius 3 is 2.87 bits per heavy atom. The summed E-state index contributed by atoms with van der Waals surface area (Å²) in [5, 5.41) is 13.6. The Bertz CT molecular complexity index is 443. The van der Waals surface area contributed by atoms with Crippen LogP contribution >= 0.6 is 15.9 Å². The van der Waals surface area contributed by atoms with Crippen molar-refractivity contribution in [3.63, 3.8) is 0 Å². The number of hydrazone groups is 1. The van der Waals surface area contributed by atoms with E-state index in [2.05, 4.69) is 26.5 Å². The van der Waals surface area contributed by atoms with E-state index < -0.39 is 0 Å². The molecule has 0 spiro atoms. The number of halogens is 1. The number of hydrogen-bond acceptors (Lipinski definition) is 3. The van der Waals surface area contributed by atoms with Crippen LogP contribution in [0, 0.1) is 0 Å². The Morgan fingerprint density at radius 1 is 1.40 bits per heavy atom. The van der Waals surface area contributed by atoms with E-state index >= 15 is 0 Å². The van der Waals surface area contributed by atoms with E-state index in [4.69, 9.17) is 0 Å². The van der Waals surface area contributed by atoms with E-state index in [0.717, 1.165) is 4.47 Å². The molecule has 0 bridgehead atoms. The molecule has 2 N–H and O–H groups in total. The highest BCUT2D eigenvalue weighted by Gasteiger charge is 2.16. The number of hydrogen-bond donors (Lipinski definition) is 2. The van der Waals surface area contributed by atoms with E-state index in [1.807, 2.05) is 0 Å². The summed E-state index contributed by atoms with van der Waals surface area (Å²) >= 11 is 3.32. The van der Waals surface area contributed by atoms with Crippen LogP contribution in [0.5, 0.6) is 5.75 Å². The van der Waals surface area contributed by atoms with Crippen LogP contribution in [0.15, 0.2) is 27.8 Å². The summed E-state index contributed by atoms with van der Waals surface area (Å²) in [6.45, 7) is 0. The molecule has 0 aromatic heterocycles. The van der Waals surface area contributed by atoms with Crippen molar-refractivity contribution in [2.75, 3.05) is 0 Å². The fourth-order valence-electron chi connectivity index (χ4n) is 1.41. The maximum Gasteiger partial charge on any atom is 0.240 e. The number of carbonyl (C=O) groups excluding carboxylic acids is 1. The van der Waals surface area contributed by atoms with Crippen LogP contribution in [0.4, 0.5) is 0 Å². The van der Waals surface area contributed by atoms with Gasteiger partial charge in [-0.15, -0.1) is 0 Å². The lowest BCUT2D eigenvalue weighted by atomic mass is 10.0. The van der Waals surface area contributed by atoms with Gasteiger partial charge in [-0.3, -0.25) is 4.79 Å². The van der Waals surface area contributed by atoms with Crippen molar-refractivity contribution in [3.05, 3.63) is 28.2 Å². The van der Waals surface area contributed by atoms with Gasteiger partial charge in [-0.2, -0.15) is 5.10 Å². The Labute approximate surface area is 95.1 Å². The smallest absolute Gasteiger partial charge is 0.240 e. The van der Waals surface area contributed by atoms with Crippen LogP contribution in [0.3, 0.4) is 0 Å². The summed E-state index contributed by atoms with van der Waals surface area (Å²) in [6.07, 6.45) is 0.959. The third-order valence-electron chi connectivity index (χ3n) is 2.17. The summed E-state index contributed by atoms with van der Waals surface area (Å²) in [4.78, 5) is 10.9. The largest absolute Gasteiger partial charge is 0.507 e. The minimum atomic E-state index is -0.0896. The standard InChI is InChI=1S/C10H9BrN2O2/c11-6-1-3-9(14)7(5-6)8-2-4-10(15)13-12-8/h1,3,5,14H,2,4H2,(H,13,15). The fraction of sp³-hybridized carbons (Fsp3) is 0.200. The topological polar surface area (TPSA) is 61.7 Å². The summed E-state index contributed by atoms with van der Waals surface area (Å²) in [5.41, 5.74) is 3.76. The SMILES string of the molecule is O=C1CCC(c2cc(Br)ccc2O)=NN1. The lowest BCUT2D eigenvalue weighted by Gasteiger charge is -2.13. The highest BCUT2D eigenvalue weighted by molar-refractivity contribution is 9.10. The molecule has 0 saturated heterocycles. The molecule has 0 unspecified atom stereocenters. The number of phenols is 1. The van der Waals surface area contributed by atoms with E-state index in [9.17, 15) is 9.90 Å². The highest BCUT2D eigenvalue weighted by Crippen LogP contribution is 2.24. The van der Waals surface area contributed by atoms with Crippen LogP contribution in [-0.2, 0) is 4.79 Å². The van der Waals surface area contributed by atoms with Gasteiger partial charge in [-0.1, -0.05) is 15.9 Å². The molecule has 0 fully saturated rings. The van der Waals surface area contributed by atoms with Crippen molar-refractivity contribution in [2.24, 2.45) is 5.10 Å². The van der Waals surface area contributed by atoms with E-state index in [0.29, 0.717) is 24.1 Å². The first-order valence-electron chi connectivity index (χ1n) is 4.51. The van der Waals surface area contributed by atoms with Crippen LogP contribution in [-0.4, -0.2) is 16.7 Å². The zero-order valence-corrected chi connectivity index (χ0v) is 9.41. The zero-order valence-electron chi connectivity index (χ0n) is 7.83. The average Bonchev–Trinajstić information content (AvgIpc) is 2.23. The zero-order chi connectivity index (χ0) is 10.8. The first kappa shape index (κ1) is 10.2. The number of rotatable bonds is 1. The minimum absolute atomic E-state index is 0.0896. The molecular formula is C10H9BrN2O2. The quantitative estimate of drug-likeness (QED) is 0.816. The Morgan fingerprint density at radius 2 is 2.20 bits per heavy atom. The normalized spacial score (nSPS) is 15.8. The van der Waals surface area contributed by atoms with Gasteiger partial charge in [0.15, 0.2) is 0 Å². The molecule has 2 rings (SSSR count). The molecule has 1 aromatic rings. The van der Waals surface area contributed by atoms with Gasteiger partial charge < -0.3 is 5.11 Å². The molecule has 0 aliphatic carbocycles. The van der Waals surface area contributed by atoms with Gasteiger partial charge in [0.2, 0.25) is 5.91 Å². The third kappa shape index (κ3) is 2.18. The van der Waals surface area contributed by atoms with Crippen molar-refractivity contribution >= 4 is 27.5 Å². The second-order valence-electron chi connectivity index (χ2n) is 3.25. The van der Waals surface area contributed by atoms with Gasteiger partial charge >= 0.3 is 0 Å². The predicted octanol–water partition coefficient (Wildman–Crippen LogP) is 1.77. The van der Waals surface area contributed by atoms with Crippen LogP contribution in [0.2, 0.25) is 0 Å². The van der Waals surface area contributed by atoms with Crippen LogP contribution in [0.1, 0.15) is 18.4 Å². The van der Waals surface area contributed by atoms with Gasteiger partial charge in [0.1, 0.15) is 5.75 Å². The maximum atomic E-state index is 10.9. The second-order valence-corrected chi connectivity index (χ2v) is 4.17. The van der Waals surface area contributed by atoms with E-state index in [1.54, 1.807) is 18.2 Å². The molecule has 1 aliphatic rings. The number of nitrogens with zero attached hydrogens (tertiary/aromatic N) is 1. The molecule has 1 amide bonds. The Kier molecular flexibility index (Phi) is 2.73. The third-order valence-corrected chi connectivity index (χ3v) is 2.67. The first-order chi connectivity index (χ1) is 7.16. The lowest BCUT2D eigenvalue weighted by Crippen LogP contribution is -2.25. The van der Waals surface area contributed by atoms with Crippen molar-refractivity contribution in [2.45, 2.75) is 12.8 Å². The van der Waals surface area contributed by atoms with Gasteiger partial charge in [-0.25, -0.2) is 5.43 Å². The number of carbonyl (C=O) groups is 1. The minimum Gasteiger partial charge on any atom is -0.507 e. The number of amides is 1. The van der Waals surface area contributed by atoms with Gasteiger partial charge in [0.05, 0.1) is 5.71 Å². The number of benzene rings is 1. The molecule has 1 aliphatic heterocycles. The fourth-order valence-corrected chi connectivity index (χ4v) is 1.77. The predicted molar refractivity (Wildman–Crippen MR) is 59.7 cm³/mol. The molecule has 0 atom stereocenters. The molecule has 0 radical (unpaired) electrons. The molecule has 4 nitrogen and oxygen atoms in total. The molecule has 15 heavy (non-hydrogen) atoms. The molecule has 1 aromatic carbocycles. The van der Waals surface area contributed by atoms with Gasteiger partial charge in [0.25, 0.3) is 0 Å². The second kappa shape index (κ2) is 4.02. The molecular weight excluding hydrogens is 260 g/mol. The summed E-state index contributed by atoms with van der Waals surface area (Å²) < 4.78 is 0.870. The molecule has 5 heteroatoms. The van der Waals surface area contributed by atoms with Crippen molar-refractivity contribution in [1.29, 1.82) is 0 Å². The molecule has 0 saturated carbocycles. The highest BCUT2D eigenvalue weighted by atomic mass is 79.9. The lowest BCUT2D eigenvalue weighted by molar-refractivity contribution is -0.121. The number of phenolic OH excluding ortho intramolecular Hbond substituents is 1. The molecule has 1 heterocycles. The summed E-state index contributed by atoms with van der Waals surface area (Å²) in [5.74, 6) is 0.0846. The Balaban J connectivity index is 2.37. The van der Waals surface area contributed by atoms with Crippen molar-refractivity contribution in [3.8, 4) is 5.75 Å². The van der Waals surface area contributed by atoms with E-state index in [-0.39, 0.29) is 11.7 Å². The van der Waals surface area contributed by atoms with Crippen LogP contribution in [0.25, 0.3) is 0 Å². The average molecular weight is 269 g/mol. The monoisotopic (exact) mass is 268 g/mol. The van der Waals surface area contributed by atoms with Gasteiger partial charge in [-0.05, 0) is 18.2 Å². The van der Waals surface area contributed by atoms with E-state index in [1.165, 1.54) is 0 Å². The van der Waals surface area contributed by atoms with Crippen molar-refractivity contribution in [1.82, 2.24) is 5.43 Å². The summed E-state index contributed by atoms with van der Waals surface area (Å²) in [7, 11) is 0. The number of nitrogens with one attached hydrogen (secondary N) is 1. The Hall–Kier alpha value is -1.36. The number of aromatic hydroxyl groups is 1.